The van der Waals surface area contributed by atoms with Crippen LogP contribution in [0.25, 0.3) is 0 Å². The van der Waals surface area contributed by atoms with Gasteiger partial charge in [0.1, 0.15) is 5.75 Å². The molecule has 5 heteroatoms. The summed E-state index contributed by atoms with van der Waals surface area (Å²) < 4.78 is 5.50. The summed E-state index contributed by atoms with van der Waals surface area (Å²) in [6.07, 6.45) is -0.465. The Bertz CT molecular complexity index is 494. The monoisotopic (exact) mass is 264 g/mol. The fourth-order valence-electron chi connectivity index (χ4n) is 2.11. The van der Waals surface area contributed by atoms with Crippen LogP contribution in [0.4, 0.5) is 11.4 Å². The van der Waals surface area contributed by atoms with Crippen molar-refractivity contribution in [2.24, 2.45) is 0 Å². The Labute approximate surface area is 113 Å². The van der Waals surface area contributed by atoms with Gasteiger partial charge in [-0.3, -0.25) is 4.79 Å². The Morgan fingerprint density at radius 2 is 2.16 bits per heavy atom. The lowest BCUT2D eigenvalue weighted by Gasteiger charge is -2.29. The first-order chi connectivity index (χ1) is 8.76. The normalized spacial score (nSPS) is 18.4. The van der Waals surface area contributed by atoms with Gasteiger partial charge in [-0.05, 0) is 39.0 Å². The Balaban J connectivity index is 2.22. The van der Waals surface area contributed by atoms with Gasteiger partial charge in [0.15, 0.2) is 6.10 Å². The van der Waals surface area contributed by atoms with Crippen molar-refractivity contribution in [3.05, 3.63) is 18.2 Å². The van der Waals surface area contributed by atoms with E-state index in [4.69, 9.17) is 4.74 Å². The number of benzene rings is 1. The molecule has 0 saturated heterocycles. The molecule has 0 fully saturated rings. The number of carbonyl (C=O) groups excluding carboxylic acids is 1. The number of anilines is 2. The number of amides is 1. The highest BCUT2D eigenvalue weighted by Gasteiger charge is 2.24. The van der Waals surface area contributed by atoms with E-state index < -0.39 is 11.7 Å². The minimum atomic E-state index is -0.779. The lowest BCUT2D eigenvalue weighted by molar-refractivity contribution is -0.122. The average molecular weight is 264 g/mol. The van der Waals surface area contributed by atoms with Crippen molar-refractivity contribution in [3.8, 4) is 5.75 Å². The van der Waals surface area contributed by atoms with E-state index in [1.165, 1.54) is 0 Å². The highest BCUT2D eigenvalue weighted by atomic mass is 16.5. The van der Waals surface area contributed by atoms with Crippen LogP contribution in [-0.2, 0) is 4.79 Å². The molecule has 1 aromatic rings. The summed E-state index contributed by atoms with van der Waals surface area (Å²) in [7, 11) is 1.90. The van der Waals surface area contributed by atoms with E-state index >= 15 is 0 Å². The first-order valence-corrected chi connectivity index (χ1v) is 6.31. The van der Waals surface area contributed by atoms with Crippen LogP contribution in [0.3, 0.4) is 0 Å². The van der Waals surface area contributed by atoms with Crippen LogP contribution >= 0.6 is 0 Å². The van der Waals surface area contributed by atoms with E-state index in [-0.39, 0.29) is 5.91 Å². The molecule has 1 amide bonds. The predicted octanol–water partition coefficient (Wildman–Crippen LogP) is 1.61. The SMILES string of the molecule is CC1Oc2ccc(N(C)CC(C)(C)O)cc2NC1=O. The van der Waals surface area contributed by atoms with E-state index in [1.54, 1.807) is 20.8 Å². The van der Waals surface area contributed by atoms with Crippen LogP contribution in [0, 0.1) is 0 Å². The minimum absolute atomic E-state index is 0.144. The first-order valence-electron chi connectivity index (χ1n) is 6.31. The van der Waals surface area contributed by atoms with Crippen molar-refractivity contribution in [1.29, 1.82) is 0 Å². The molecule has 0 radical (unpaired) electrons. The summed E-state index contributed by atoms with van der Waals surface area (Å²) in [6, 6.07) is 5.60. The van der Waals surface area contributed by atoms with Gasteiger partial charge in [0.2, 0.25) is 0 Å². The molecule has 1 aromatic carbocycles. The van der Waals surface area contributed by atoms with Gasteiger partial charge in [-0.2, -0.15) is 0 Å². The Morgan fingerprint density at radius 3 is 2.79 bits per heavy atom. The van der Waals surface area contributed by atoms with Crippen molar-refractivity contribution in [2.75, 3.05) is 23.8 Å². The maximum absolute atomic E-state index is 11.6. The number of nitrogens with one attached hydrogen (secondary N) is 1. The molecular weight excluding hydrogens is 244 g/mol. The molecule has 1 heterocycles. The Morgan fingerprint density at radius 1 is 1.47 bits per heavy atom. The second-order valence-electron chi connectivity index (χ2n) is 5.60. The fraction of sp³-hybridized carbons (Fsp3) is 0.500. The van der Waals surface area contributed by atoms with Crippen LogP contribution in [0.5, 0.6) is 5.75 Å². The molecule has 1 aliphatic heterocycles. The number of aliphatic hydroxyl groups is 1. The second-order valence-corrected chi connectivity index (χ2v) is 5.60. The topological polar surface area (TPSA) is 61.8 Å². The van der Waals surface area contributed by atoms with E-state index in [9.17, 15) is 9.90 Å². The Kier molecular flexibility index (Phi) is 3.41. The van der Waals surface area contributed by atoms with Crippen molar-refractivity contribution in [1.82, 2.24) is 0 Å². The van der Waals surface area contributed by atoms with E-state index in [1.807, 2.05) is 30.1 Å². The largest absolute Gasteiger partial charge is 0.479 e. The van der Waals surface area contributed by atoms with Gasteiger partial charge < -0.3 is 20.1 Å². The maximum atomic E-state index is 11.6. The number of hydrogen-bond donors (Lipinski definition) is 2. The van der Waals surface area contributed by atoms with Gasteiger partial charge in [0.25, 0.3) is 5.91 Å². The van der Waals surface area contributed by atoms with Crippen LogP contribution in [-0.4, -0.2) is 36.3 Å². The van der Waals surface area contributed by atoms with Crippen LogP contribution in [0.15, 0.2) is 18.2 Å². The summed E-state index contributed by atoms with van der Waals surface area (Å²) in [4.78, 5) is 13.5. The lowest BCUT2D eigenvalue weighted by Crippen LogP contribution is -2.37. The van der Waals surface area contributed by atoms with E-state index in [0.717, 1.165) is 5.69 Å². The minimum Gasteiger partial charge on any atom is -0.479 e. The number of likely N-dealkylation sites (N-methyl/N-ethyl adjacent to an activating group) is 1. The van der Waals surface area contributed by atoms with Gasteiger partial charge >= 0.3 is 0 Å². The molecule has 2 rings (SSSR count). The molecular formula is C14H20N2O3. The lowest BCUT2D eigenvalue weighted by atomic mass is 10.1. The standard InChI is InChI=1S/C14H20N2O3/c1-9-13(17)15-11-7-10(5-6-12(11)19-9)16(4)8-14(2,3)18/h5-7,9,18H,8H2,1-4H3,(H,15,17). The zero-order chi connectivity index (χ0) is 14.2. The molecule has 104 valence electrons. The van der Waals surface area contributed by atoms with Gasteiger partial charge in [-0.25, -0.2) is 0 Å². The number of carbonyl (C=O) groups is 1. The van der Waals surface area contributed by atoms with Crippen molar-refractivity contribution >= 4 is 17.3 Å². The van der Waals surface area contributed by atoms with Gasteiger partial charge in [-0.15, -0.1) is 0 Å². The summed E-state index contributed by atoms with van der Waals surface area (Å²) in [5.41, 5.74) is 0.807. The predicted molar refractivity (Wildman–Crippen MR) is 74.7 cm³/mol. The molecule has 0 saturated carbocycles. The fourth-order valence-corrected chi connectivity index (χ4v) is 2.11. The van der Waals surface area contributed by atoms with Gasteiger partial charge in [-0.1, -0.05) is 0 Å². The zero-order valence-corrected chi connectivity index (χ0v) is 11.7. The maximum Gasteiger partial charge on any atom is 0.265 e. The van der Waals surface area contributed by atoms with Crippen molar-refractivity contribution < 1.29 is 14.6 Å². The highest BCUT2D eigenvalue weighted by Crippen LogP contribution is 2.33. The molecule has 2 N–H and O–H groups in total. The molecule has 5 nitrogen and oxygen atoms in total. The van der Waals surface area contributed by atoms with Gasteiger partial charge in [0.05, 0.1) is 11.3 Å². The van der Waals surface area contributed by atoms with Gasteiger partial charge in [0, 0.05) is 19.3 Å². The van der Waals surface area contributed by atoms with Crippen LogP contribution in [0.1, 0.15) is 20.8 Å². The van der Waals surface area contributed by atoms with Crippen molar-refractivity contribution in [3.63, 3.8) is 0 Å². The zero-order valence-electron chi connectivity index (χ0n) is 11.7. The number of ether oxygens (including phenoxy) is 1. The second kappa shape index (κ2) is 4.74. The van der Waals surface area contributed by atoms with Crippen LogP contribution in [0.2, 0.25) is 0 Å². The third-order valence-electron chi connectivity index (χ3n) is 2.96. The number of rotatable bonds is 3. The van der Waals surface area contributed by atoms with Crippen molar-refractivity contribution in [2.45, 2.75) is 32.5 Å². The Hall–Kier alpha value is -1.75. The molecule has 1 atom stereocenters. The molecule has 0 aromatic heterocycles. The molecule has 0 bridgehead atoms. The molecule has 1 unspecified atom stereocenters. The van der Waals surface area contributed by atoms with Crippen LogP contribution < -0.4 is 15.0 Å². The number of nitrogens with zero attached hydrogens (tertiary/aromatic N) is 1. The summed E-state index contributed by atoms with van der Waals surface area (Å²) in [5.74, 6) is 0.530. The van der Waals surface area contributed by atoms with E-state index in [0.29, 0.717) is 18.0 Å². The molecule has 0 spiro atoms. The third kappa shape index (κ3) is 3.17. The number of hydrogen-bond acceptors (Lipinski definition) is 4. The van der Waals surface area contributed by atoms with E-state index in [2.05, 4.69) is 5.32 Å². The summed E-state index contributed by atoms with van der Waals surface area (Å²) in [5, 5.41) is 12.6. The molecule has 0 aliphatic carbocycles. The quantitative estimate of drug-likeness (QED) is 0.870. The molecule has 19 heavy (non-hydrogen) atoms. The average Bonchev–Trinajstić information content (AvgIpc) is 2.27. The molecule has 1 aliphatic rings. The highest BCUT2D eigenvalue weighted by molar-refractivity contribution is 5.98. The summed E-state index contributed by atoms with van der Waals surface area (Å²) in [6.45, 7) is 5.73. The number of fused-ring (bicyclic) bond motifs is 1. The first kappa shape index (κ1) is 13.7. The summed E-state index contributed by atoms with van der Waals surface area (Å²) >= 11 is 0. The third-order valence-corrected chi connectivity index (χ3v) is 2.96. The smallest absolute Gasteiger partial charge is 0.265 e.